The summed E-state index contributed by atoms with van der Waals surface area (Å²) in [5.41, 5.74) is -1.77. The first kappa shape index (κ1) is 22.3. The Bertz CT molecular complexity index is 985. The van der Waals surface area contributed by atoms with Gasteiger partial charge in [-0.2, -0.15) is 13.2 Å². The number of carbonyl (C=O) groups excluding carboxylic acids is 1. The van der Waals surface area contributed by atoms with Crippen LogP contribution in [-0.2, 0) is 31.0 Å². The molecule has 2 aromatic rings. The number of nitrogens with one attached hydrogen (secondary N) is 1. The zero-order valence-corrected chi connectivity index (χ0v) is 16.9. The monoisotopic (exact) mass is 441 g/mol. The SMILES string of the molecule is O=C(NCCS(=O)(=O)c1ccccc1)C1(c2cccc(C(F)(F)F)c2)CCOCC1. The molecular weight excluding hydrogens is 419 g/mol. The predicted molar refractivity (Wildman–Crippen MR) is 105 cm³/mol. The third-order valence-corrected chi connectivity index (χ3v) is 7.01. The lowest BCUT2D eigenvalue weighted by molar-refractivity contribution is -0.138. The van der Waals surface area contributed by atoms with Gasteiger partial charge in [-0.1, -0.05) is 36.4 Å². The maximum Gasteiger partial charge on any atom is 0.416 e. The van der Waals surface area contributed by atoms with Crippen molar-refractivity contribution in [3.05, 3.63) is 65.7 Å². The van der Waals surface area contributed by atoms with Gasteiger partial charge < -0.3 is 10.1 Å². The molecule has 162 valence electrons. The zero-order valence-electron chi connectivity index (χ0n) is 16.1. The molecule has 1 fully saturated rings. The topological polar surface area (TPSA) is 72.5 Å². The highest BCUT2D eigenvalue weighted by molar-refractivity contribution is 7.91. The number of ether oxygens (including phenoxy) is 1. The summed E-state index contributed by atoms with van der Waals surface area (Å²) in [6.07, 6.45) is -4.10. The molecule has 9 heteroatoms. The summed E-state index contributed by atoms with van der Waals surface area (Å²) in [4.78, 5) is 13.2. The number of hydrogen-bond acceptors (Lipinski definition) is 4. The van der Waals surface area contributed by atoms with Crippen molar-refractivity contribution in [1.29, 1.82) is 0 Å². The van der Waals surface area contributed by atoms with Crippen molar-refractivity contribution >= 4 is 15.7 Å². The predicted octanol–water partition coefficient (Wildman–Crippen LogP) is 3.34. The van der Waals surface area contributed by atoms with Gasteiger partial charge in [-0.15, -0.1) is 0 Å². The third kappa shape index (κ3) is 4.84. The molecule has 5 nitrogen and oxygen atoms in total. The molecule has 3 rings (SSSR count). The Morgan fingerprint density at radius 1 is 1.03 bits per heavy atom. The second-order valence-corrected chi connectivity index (χ2v) is 9.27. The standard InChI is InChI=1S/C21H22F3NO4S/c22-21(23,24)17-6-4-5-16(15-17)20(9-12-29-13-10-20)19(26)25-11-14-30(27,28)18-7-2-1-3-8-18/h1-8,15H,9-14H2,(H,25,26). The Kier molecular flexibility index (Phi) is 6.52. The molecule has 0 radical (unpaired) electrons. The van der Waals surface area contributed by atoms with Gasteiger partial charge in [0, 0.05) is 19.8 Å². The fourth-order valence-corrected chi connectivity index (χ4v) is 4.75. The van der Waals surface area contributed by atoms with Crippen molar-refractivity contribution in [1.82, 2.24) is 5.32 Å². The molecule has 1 aliphatic rings. The number of alkyl halides is 3. The molecule has 0 aliphatic carbocycles. The molecule has 2 aromatic carbocycles. The fraction of sp³-hybridized carbons (Fsp3) is 0.381. The molecule has 0 bridgehead atoms. The normalized spacial score (nSPS) is 16.8. The lowest BCUT2D eigenvalue weighted by atomic mass is 9.73. The van der Waals surface area contributed by atoms with Crippen LogP contribution < -0.4 is 5.32 Å². The highest BCUT2D eigenvalue weighted by Gasteiger charge is 2.43. The van der Waals surface area contributed by atoms with Gasteiger partial charge in [0.25, 0.3) is 0 Å². The first-order chi connectivity index (χ1) is 14.2. The van der Waals surface area contributed by atoms with Crippen LogP contribution >= 0.6 is 0 Å². The molecule has 1 heterocycles. The minimum Gasteiger partial charge on any atom is -0.381 e. The Morgan fingerprint density at radius 3 is 2.33 bits per heavy atom. The van der Waals surface area contributed by atoms with Crippen LogP contribution in [-0.4, -0.2) is 39.8 Å². The van der Waals surface area contributed by atoms with Gasteiger partial charge in [0.15, 0.2) is 9.84 Å². The lowest BCUT2D eigenvalue weighted by Crippen LogP contribution is -2.49. The van der Waals surface area contributed by atoms with Crippen LogP contribution in [0, 0.1) is 0 Å². The van der Waals surface area contributed by atoms with Crippen LogP contribution in [0.25, 0.3) is 0 Å². The van der Waals surface area contributed by atoms with Crippen molar-refractivity contribution in [2.75, 3.05) is 25.5 Å². The van der Waals surface area contributed by atoms with E-state index >= 15 is 0 Å². The van der Waals surface area contributed by atoms with Gasteiger partial charge in [0.1, 0.15) is 0 Å². The van der Waals surface area contributed by atoms with E-state index in [0.717, 1.165) is 12.1 Å². The fourth-order valence-electron chi connectivity index (χ4n) is 3.57. The highest BCUT2D eigenvalue weighted by Crippen LogP contribution is 2.38. The van der Waals surface area contributed by atoms with Gasteiger partial charge in [0.05, 0.1) is 21.6 Å². The Balaban J connectivity index is 1.78. The third-order valence-electron chi connectivity index (χ3n) is 5.28. The van der Waals surface area contributed by atoms with E-state index in [0.29, 0.717) is 0 Å². The second kappa shape index (κ2) is 8.77. The van der Waals surface area contributed by atoms with Gasteiger partial charge in [-0.05, 0) is 36.6 Å². The molecule has 1 amide bonds. The second-order valence-electron chi connectivity index (χ2n) is 7.16. The van der Waals surface area contributed by atoms with Crippen LogP contribution in [0.5, 0.6) is 0 Å². The van der Waals surface area contributed by atoms with E-state index in [1.807, 2.05) is 0 Å². The molecule has 1 aliphatic heterocycles. The zero-order chi connectivity index (χ0) is 21.8. The lowest BCUT2D eigenvalue weighted by Gasteiger charge is -2.36. The van der Waals surface area contributed by atoms with E-state index in [-0.39, 0.29) is 48.8 Å². The summed E-state index contributed by atoms with van der Waals surface area (Å²) in [7, 11) is -3.59. The van der Waals surface area contributed by atoms with Crippen LogP contribution in [0.15, 0.2) is 59.5 Å². The first-order valence-corrected chi connectivity index (χ1v) is 11.1. The maximum atomic E-state index is 13.2. The average Bonchev–Trinajstić information content (AvgIpc) is 2.74. The van der Waals surface area contributed by atoms with Crippen molar-refractivity contribution in [3.63, 3.8) is 0 Å². The number of carbonyl (C=O) groups is 1. The number of rotatable bonds is 6. The number of sulfone groups is 1. The van der Waals surface area contributed by atoms with E-state index in [2.05, 4.69) is 5.32 Å². The Hall–Kier alpha value is -2.39. The van der Waals surface area contributed by atoms with Crippen molar-refractivity contribution < 1.29 is 31.1 Å². The average molecular weight is 441 g/mol. The van der Waals surface area contributed by atoms with Gasteiger partial charge in [0.2, 0.25) is 5.91 Å². The molecule has 0 atom stereocenters. The Labute approximate surface area is 173 Å². The minimum atomic E-state index is -4.53. The quantitative estimate of drug-likeness (QED) is 0.746. The Morgan fingerprint density at radius 2 is 1.70 bits per heavy atom. The molecule has 0 saturated carbocycles. The minimum absolute atomic E-state index is 0.141. The smallest absolute Gasteiger partial charge is 0.381 e. The van der Waals surface area contributed by atoms with Crippen LogP contribution in [0.2, 0.25) is 0 Å². The number of hydrogen-bond donors (Lipinski definition) is 1. The number of benzene rings is 2. The largest absolute Gasteiger partial charge is 0.416 e. The molecule has 0 unspecified atom stereocenters. The van der Waals surface area contributed by atoms with Crippen molar-refractivity contribution in [3.8, 4) is 0 Å². The molecule has 30 heavy (non-hydrogen) atoms. The first-order valence-electron chi connectivity index (χ1n) is 9.47. The van der Waals surface area contributed by atoms with Crippen LogP contribution in [0.4, 0.5) is 13.2 Å². The van der Waals surface area contributed by atoms with E-state index in [1.165, 1.54) is 24.3 Å². The molecule has 0 spiro atoms. The van der Waals surface area contributed by atoms with E-state index in [1.54, 1.807) is 18.2 Å². The maximum absolute atomic E-state index is 13.2. The van der Waals surface area contributed by atoms with E-state index in [9.17, 15) is 26.4 Å². The number of halogens is 3. The molecular formula is C21H22F3NO4S. The molecule has 0 aromatic heterocycles. The molecule has 1 N–H and O–H groups in total. The van der Waals surface area contributed by atoms with Crippen LogP contribution in [0.3, 0.4) is 0 Å². The summed E-state index contributed by atoms with van der Waals surface area (Å²) < 4.78 is 69.6. The van der Waals surface area contributed by atoms with E-state index in [4.69, 9.17) is 4.74 Å². The van der Waals surface area contributed by atoms with Gasteiger partial charge in [-0.25, -0.2) is 8.42 Å². The summed E-state index contributed by atoms with van der Waals surface area (Å²) in [5, 5.41) is 2.62. The summed E-state index contributed by atoms with van der Waals surface area (Å²) in [6.45, 7) is 0.315. The number of amides is 1. The highest BCUT2D eigenvalue weighted by atomic mass is 32.2. The van der Waals surface area contributed by atoms with Crippen molar-refractivity contribution in [2.24, 2.45) is 0 Å². The van der Waals surface area contributed by atoms with Crippen molar-refractivity contribution in [2.45, 2.75) is 29.3 Å². The molecule has 1 saturated heterocycles. The summed E-state index contributed by atoms with van der Waals surface area (Å²) in [5.74, 6) is -0.800. The van der Waals surface area contributed by atoms with Gasteiger partial charge >= 0.3 is 6.18 Å². The van der Waals surface area contributed by atoms with Gasteiger partial charge in [-0.3, -0.25) is 4.79 Å². The summed E-state index contributed by atoms with van der Waals surface area (Å²) in [6, 6.07) is 12.6. The summed E-state index contributed by atoms with van der Waals surface area (Å²) >= 11 is 0. The van der Waals surface area contributed by atoms with Crippen LogP contribution in [0.1, 0.15) is 24.0 Å². The van der Waals surface area contributed by atoms with E-state index < -0.39 is 32.9 Å².